The van der Waals surface area contributed by atoms with Gasteiger partial charge in [0.2, 0.25) is 6.10 Å². The van der Waals surface area contributed by atoms with Gasteiger partial charge in [-0.3, -0.25) is 9.59 Å². The van der Waals surface area contributed by atoms with Crippen molar-refractivity contribution in [2.75, 3.05) is 7.11 Å². The fraction of sp³-hybridized carbons (Fsp3) is 0.500. The minimum atomic E-state index is -2.13. The second-order valence-electron chi connectivity index (χ2n) is 2.87. The van der Waals surface area contributed by atoms with Crippen molar-refractivity contribution < 1.29 is 44.0 Å². The van der Waals surface area contributed by atoms with E-state index in [0.29, 0.717) is 0 Å². The maximum atomic E-state index is 10.7. The number of hydrogen-bond acceptors (Lipinski definition) is 6. The first-order valence-electron chi connectivity index (χ1n) is 4.21. The Labute approximate surface area is 94.5 Å². The van der Waals surface area contributed by atoms with E-state index in [0.717, 1.165) is 7.11 Å². The average molecular weight is 250 g/mol. The zero-order valence-corrected chi connectivity index (χ0v) is 8.65. The van der Waals surface area contributed by atoms with Crippen LogP contribution in [-0.4, -0.2) is 52.6 Å². The van der Waals surface area contributed by atoms with Gasteiger partial charge in [0.25, 0.3) is 0 Å². The van der Waals surface area contributed by atoms with Crippen LogP contribution in [0, 0.1) is 5.92 Å². The van der Waals surface area contributed by atoms with E-state index in [1.54, 1.807) is 0 Å². The summed E-state index contributed by atoms with van der Waals surface area (Å²) in [5, 5.41) is 25.8. The summed E-state index contributed by atoms with van der Waals surface area (Å²) in [6, 6.07) is 0. The third-order valence-corrected chi connectivity index (χ3v) is 1.71. The van der Waals surface area contributed by atoms with Gasteiger partial charge >= 0.3 is 24.1 Å². The molecule has 0 radical (unpaired) electrons. The predicted molar refractivity (Wildman–Crippen MR) is 48.3 cm³/mol. The first-order chi connectivity index (χ1) is 7.79. The van der Waals surface area contributed by atoms with Crippen LogP contribution in [0.25, 0.3) is 0 Å². The van der Waals surface area contributed by atoms with E-state index in [1.807, 2.05) is 0 Å². The Balaban J connectivity index is 4.96. The third-order valence-electron chi connectivity index (χ3n) is 1.71. The molecule has 96 valence electrons. The maximum Gasteiger partial charge on any atom is 0.508 e. The van der Waals surface area contributed by atoms with Gasteiger partial charge in [0.1, 0.15) is 5.92 Å². The third kappa shape index (κ3) is 4.82. The van der Waals surface area contributed by atoms with Gasteiger partial charge in [0, 0.05) is 0 Å². The molecule has 0 aromatic rings. The van der Waals surface area contributed by atoms with Crippen molar-refractivity contribution in [2.24, 2.45) is 5.92 Å². The van der Waals surface area contributed by atoms with E-state index in [-0.39, 0.29) is 0 Å². The molecule has 0 amide bonds. The Hall–Kier alpha value is -2.32. The van der Waals surface area contributed by atoms with E-state index in [4.69, 9.17) is 15.3 Å². The van der Waals surface area contributed by atoms with Gasteiger partial charge in [-0.1, -0.05) is 0 Å². The number of methoxy groups -OCH3 is 1. The van der Waals surface area contributed by atoms with Crippen molar-refractivity contribution in [3.05, 3.63) is 0 Å². The summed E-state index contributed by atoms with van der Waals surface area (Å²) in [6.07, 6.45) is -4.53. The molecule has 0 spiro atoms. The summed E-state index contributed by atoms with van der Waals surface area (Å²) in [6.45, 7) is 0. The molecule has 0 aromatic heterocycles. The first-order valence-corrected chi connectivity index (χ1v) is 4.21. The van der Waals surface area contributed by atoms with E-state index >= 15 is 0 Å². The van der Waals surface area contributed by atoms with Crippen molar-refractivity contribution >= 4 is 24.1 Å². The van der Waals surface area contributed by atoms with Crippen LogP contribution >= 0.6 is 0 Å². The zero-order chi connectivity index (χ0) is 13.6. The first kappa shape index (κ1) is 14.7. The molecular weight excluding hydrogens is 240 g/mol. The number of rotatable bonds is 6. The molecule has 2 atom stereocenters. The minimum absolute atomic E-state index is 0.897. The Morgan fingerprint density at radius 1 is 1.06 bits per heavy atom. The molecule has 2 unspecified atom stereocenters. The number of ether oxygens (including phenoxy) is 2. The molecule has 0 bridgehead atoms. The number of hydrogen-bond donors (Lipinski definition) is 3. The van der Waals surface area contributed by atoms with Crippen LogP contribution in [-0.2, 0) is 23.9 Å². The number of aliphatic carboxylic acids is 3. The molecule has 0 aliphatic carbocycles. The minimum Gasteiger partial charge on any atom is -0.481 e. The summed E-state index contributed by atoms with van der Waals surface area (Å²) >= 11 is 0. The van der Waals surface area contributed by atoms with Crippen molar-refractivity contribution in [3.8, 4) is 0 Å². The Kier molecular flexibility index (Phi) is 5.44. The van der Waals surface area contributed by atoms with Crippen molar-refractivity contribution in [2.45, 2.75) is 12.5 Å². The molecule has 0 saturated carbocycles. The molecule has 0 heterocycles. The molecule has 9 nitrogen and oxygen atoms in total. The Morgan fingerprint density at radius 2 is 1.59 bits per heavy atom. The van der Waals surface area contributed by atoms with Gasteiger partial charge < -0.3 is 24.8 Å². The standard InChI is InChI=1S/C8H10O9/c1-16-8(15)17-5(7(13)14)3(6(11)12)2-4(9)10/h3,5H,2H2,1H3,(H,9,10)(H,11,12)(H,13,14). The van der Waals surface area contributed by atoms with Crippen LogP contribution < -0.4 is 0 Å². The highest BCUT2D eigenvalue weighted by Gasteiger charge is 2.39. The summed E-state index contributed by atoms with van der Waals surface area (Å²) < 4.78 is 8.18. The highest BCUT2D eigenvalue weighted by Crippen LogP contribution is 2.14. The second kappa shape index (κ2) is 6.30. The summed E-state index contributed by atoms with van der Waals surface area (Å²) in [7, 11) is 0.897. The highest BCUT2D eigenvalue weighted by atomic mass is 16.7. The maximum absolute atomic E-state index is 10.7. The summed E-state index contributed by atoms with van der Waals surface area (Å²) in [5.41, 5.74) is 0. The fourth-order valence-corrected chi connectivity index (χ4v) is 0.968. The highest BCUT2D eigenvalue weighted by molar-refractivity contribution is 5.86. The monoisotopic (exact) mass is 250 g/mol. The van der Waals surface area contributed by atoms with Crippen LogP contribution in [0.15, 0.2) is 0 Å². The molecule has 0 aliphatic rings. The fourth-order valence-electron chi connectivity index (χ4n) is 0.968. The quantitative estimate of drug-likeness (QED) is 0.525. The van der Waals surface area contributed by atoms with Crippen LogP contribution in [0.1, 0.15) is 6.42 Å². The van der Waals surface area contributed by atoms with Gasteiger partial charge in [-0.15, -0.1) is 0 Å². The zero-order valence-electron chi connectivity index (χ0n) is 8.65. The lowest BCUT2D eigenvalue weighted by Crippen LogP contribution is -2.40. The molecule has 17 heavy (non-hydrogen) atoms. The van der Waals surface area contributed by atoms with Gasteiger partial charge in [-0.05, 0) is 0 Å². The normalized spacial score (nSPS) is 13.2. The molecule has 9 heteroatoms. The summed E-state index contributed by atoms with van der Waals surface area (Å²) in [4.78, 5) is 42.4. The molecule has 0 fully saturated rings. The van der Waals surface area contributed by atoms with Gasteiger partial charge in [-0.25, -0.2) is 9.59 Å². The van der Waals surface area contributed by atoms with Crippen LogP contribution in [0.4, 0.5) is 4.79 Å². The molecule has 0 saturated heterocycles. The van der Waals surface area contributed by atoms with Crippen LogP contribution in [0.5, 0.6) is 0 Å². The second-order valence-corrected chi connectivity index (χ2v) is 2.87. The lowest BCUT2D eigenvalue weighted by molar-refractivity contribution is -0.163. The largest absolute Gasteiger partial charge is 0.508 e. The smallest absolute Gasteiger partial charge is 0.481 e. The molecule has 0 rings (SSSR count). The average Bonchev–Trinajstić information content (AvgIpc) is 2.21. The lowest BCUT2D eigenvalue weighted by atomic mass is 9.99. The van der Waals surface area contributed by atoms with Gasteiger partial charge in [0.15, 0.2) is 0 Å². The molecular formula is C8H10O9. The number of carboxylic acids is 3. The SMILES string of the molecule is COC(=O)OC(C(=O)O)C(CC(=O)O)C(=O)O. The van der Waals surface area contributed by atoms with Crippen molar-refractivity contribution in [1.82, 2.24) is 0 Å². The Morgan fingerprint density at radius 3 is 1.88 bits per heavy atom. The van der Waals surface area contributed by atoms with Gasteiger partial charge in [0.05, 0.1) is 13.5 Å². The predicted octanol–water partition coefficient (Wildman–Crippen LogP) is -0.602. The van der Waals surface area contributed by atoms with Crippen LogP contribution in [0.3, 0.4) is 0 Å². The van der Waals surface area contributed by atoms with E-state index < -0.39 is 42.5 Å². The Bertz CT molecular complexity index is 334. The molecule has 0 aromatic carbocycles. The topological polar surface area (TPSA) is 147 Å². The number of carboxylic acid groups (broad SMARTS) is 3. The lowest BCUT2D eigenvalue weighted by Gasteiger charge is -2.18. The van der Waals surface area contributed by atoms with Crippen LogP contribution in [0.2, 0.25) is 0 Å². The van der Waals surface area contributed by atoms with Crippen molar-refractivity contribution in [1.29, 1.82) is 0 Å². The summed E-state index contributed by atoms with van der Waals surface area (Å²) in [5.74, 6) is -6.91. The van der Waals surface area contributed by atoms with E-state index in [1.165, 1.54) is 0 Å². The number of carbonyl (C=O) groups excluding carboxylic acids is 1. The van der Waals surface area contributed by atoms with Gasteiger partial charge in [-0.2, -0.15) is 0 Å². The number of carbonyl (C=O) groups is 4. The van der Waals surface area contributed by atoms with E-state index in [9.17, 15) is 19.2 Å². The van der Waals surface area contributed by atoms with Crippen molar-refractivity contribution in [3.63, 3.8) is 0 Å². The molecule has 0 aliphatic heterocycles. The van der Waals surface area contributed by atoms with E-state index in [2.05, 4.69) is 9.47 Å². The molecule has 3 N–H and O–H groups in total.